The van der Waals surface area contributed by atoms with E-state index in [4.69, 9.17) is 0 Å². The lowest BCUT2D eigenvalue weighted by atomic mass is 9.94. The Morgan fingerprint density at radius 3 is 2.55 bits per heavy atom. The van der Waals surface area contributed by atoms with Gasteiger partial charge in [0.25, 0.3) is 5.78 Å². The molecule has 110 valence electrons. The highest BCUT2D eigenvalue weighted by atomic mass is 16.5. The first-order chi connectivity index (χ1) is 9.27. The van der Waals surface area contributed by atoms with Crippen molar-refractivity contribution in [3.8, 4) is 0 Å². The van der Waals surface area contributed by atoms with Gasteiger partial charge in [0, 0.05) is 30.3 Å². The average molecular weight is 280 g/mol. The van der Waals surface area contributed by atoms with Crippen LogP contribution < -0.4 is 5.32 Å². The van der Waals surface area contributed by atoms with E-state index in [0.717, 1.165) is 0 Å². The van der Waals surface area contributed by atoms with E-state index in [0.29, 0.717) is 18.7 Å². The molecular weight excluding hydrogens is 260 g/mol. The number of rotatable bonds is 4. The zero-order valence-corrected chi connectivity index (χ0v) is 12.3. The van der Waals surface area contributed by atoms with Crippen LogP contribution in [0, 0.1) is 5.41 Å². The van der Waals surface area contributed by atoms with Gasteiger partial charge >= 0.3 is 5.97 Å². The van der Waals surface area contributed by atoms with Gasteiger partial charge in [0.2, 0.25) is 5.91 Å². The van der Waals surface area contributed by atoms with Crippen LogP contribution in [0.15, 0.2) is 16.3 Å². The molecule has 0 atom stereocenters. The van der Waals surface area contributed by atoms with Gasteiger partial charge in [-0.2, -0.15) is 0 Å². The number of carbonyl (C=O) groups is 3. The first-order valence-corrected chi connectivity index (χ1v) is 6.53. The van der Waals surface area contributed by atoms with Gasteiger partial charge in [0.05, 0.1) is 12.2 Å². The summed E-state index contributed by atoms with van der Waals surface area (Å²) in [6.45, 7) is 7.53. The van der Waals surface area contributed by atoms with Gasteiger partial charge in [-0.3, -0.25) is 14.6 Å². The van der Waals surface area contributed by atoms with Crippen LogP contribution in [-0.4, -0.2) is 37.0 Å². The van der Waals surface area contributed by atoms with Crippen LogP contribution in [0.1, 0.15) is 34.1 Å². The minimum atomic E-state index is -0.932. The second-order valence-corrected chi connectivity index (χ2v) is 5.43. The molecular formula is C14H20N2O4. The third-order valence-corrected chi connectivity index (χ3v) is 2.69. The van der Waals surface area contributed by atoms with E-state index >= 15 is 0 Å². The minimum absolute atomic E-state index is 0.104. The molecule has 0 aliphatic carbocycles. The van der Waals surface area contributed by atoms with E-state index < -0.39 is 17.2 Å². The van der Waals surface area contributed by atoms with E-state index in [9.17, 15) is 14.4 Å². The molecule has 0 bridgehead atoms. The number of hydrogen-bond donors (Lipinski definition) is 1. The Bertz CT molecular complexity index is 484. The number of aliphatic imine (C=N–C) groups is 1. The third-order valence-electron chi connectivity index (χ3n) is 2.69. The molecule has 6 heteroatoms. The normalized spacial score (nSPS) is 15.0. The predicted molar refractivity (Wildman–Crippen MR) is 74.2 cm³/mol. The first-order valence-electron chi connectivity index (χ1n) is 6.53. The summed E-state index contributed by atoms with van der Waals surface area (Å²) in [7, 11) is 0. The Balaban J connectivity index is 2.98. The maximum absolute atomic E-state index is 12.0. The van der Waals surface area contributed by atoms with E-state index in [2.05, 4.69) is 15.0 Å². The molecule has 0 aromatic rings. The quantitative estimate of drug-likeness (QED) is 0.615. The second-order valence-electron chi connectivity index (χ2n) is 5.43. The molecule has 6 nitrogen and oxygen atoms in total. The standard InChI is InChI=1S/C14H20N2O4/c1-5-20-12(18)11(17)9-8-15-7-6-10(9)16-13(19)14(2,3)4/h8H,5-7H2,1-4H3,(H,16,19). The summed E-state index contributed by atoms with van der Waals surface area (Å²) in [5.41, 5.74) is -0.0510. The highest BCUT2D eigenvalue weighted by Crippen LogP contribution is 2.17. The van der Waals surface area contributed by atoms with Crippen molar-refractivity contribution < 1.29 is 19.1 Å². The van der Waals surface area contributed by atoms with Gasteiger partial charge in [0.1, 0.15) is 0 Å². The Labute approximate surface area is 118 Å². The number of amides is 1. The van der Waals surface area contributed by atoms with E-state index in [1.54, 1.807) is 27.7 Å². The third kappa shape index (κ3) is 4.01. The molecule has 1 N–H and O–H groups in total. The Kier molecular flexibility index (Phi) is 5.19. The molecule has 0 fully saturated rings. The van der Waals surface area contributed by atoms with E-state index in [-0.39, 0.29) is 18.1 Å². The van der Waals surface area contributed by atoms with Crippen LogP contribution in [0.5, 0.6) is 0 Å². The number of Topliss-reactive ketones (excluding diaryl/α,β-unsaturated/α-hetero) is 1. The second kappa shape index (κ2) is 6.45. The zero-order valence-electron chi connectivity index (χ0n) is 12.3. The summed E-state index contributed by atoms with van der Waals surface area (Å²) in [6, 6.07) is 0. The molecule has 1 aliphatic heterocycles. The summed E-state index contributed by atoms with van der Waals surface area (Å²) in [5, 5.41) is 2.71. The number of hydrogen-bond acceptors (Lipinski definition) is 5. The van der Waals surface area contributed by atoms with Gasteiger partial charge in [-0.05, 0) is 6.92 Å². The molecule has 0 saturated heterocycles. The lowest BCUT2D eigenvalue weighted by Gasteiger charge is -2.21. The molecule has 1 heterocycles. The minimum Gasteiger partial charge on any atom is -0.460 e. The predicted octanol–water partition coefficient (Wildman–Crippen LogP) is 1.01. The fourth-order valence-corrected chi connectivity index (χ4v) is 1.50. The van der Waals surface area contributed by atoms with Gasteiger partial charge in [0.15, 0.2) is 0 Å². The molecule has 20 heavy (non-hydrogen) atoms. The molecule has 1 rings (SSSR count). The monoisotopic (exact) mass is 280 g/mol. The number of dihydropyridines is 1. The molecule has 1 aliphatic rings. The fraction of sp³-hybridized carbons (Fsp3) is 0.571. The summed E-state index contributed by atoms with van der Waals surface area (Å²) in [4.78, 5) is 39.4. The summed E-state index contributed by atoms with van der Waals surface area (Å²) < 4.78 is 4.68. The van der Waals surface area contributed by atoms with Crippen molar-refractivity contribution in [2.75, 3.05) is 13.2 Å². The number of carbonyl (C=O) groups excluding carboxylic acids is 3. The first kappa shape index (κ1) is 16.1. The number of ether oxygens (including phenoxy) is 1. The van der Waals surface area contributed by atoms with Gasteiger partial charge < -0.3 is 10.1 Å². The van der Waals surface area contributed by atoms with Crippen molar-refractivity contribution in [1.82, 2.24) is 5.32 Å². The fourth-order valence-electron chi connectivity index (χ4n) is 1.50. The highest BCUT2D eigenvalue weighted by molar-refractivity contribution is 6.45. The highest BCUT2D eigenvalue weighted by Gasteiger charge is 2.28. The van der Waals surface area contributed by atoms with Crippen molar-refractivity contribution >= 4 is 23.9 Å². The SMILES string of the molecule is CCOC(=O)C(=O)C1=C(NC(=O)C(C)(C)C)CCN=C1. The van der Waals surface area contributed by atoms with Crippen molar-refractivity contribution in [2.45, 2.75) is 34.1 Å². The summed E-state index contributed by atoms with van der Waals surface area (Å²) in [6.07, 6.45) is 1.74. The molecule has 1 amide bonds. The summed E-state index contributed by atoms with van der Waals surface area (Å²) >= 11 is 0. The van der Waals surface area contributed by atoms with E-state index in [1.165, 1.54) is 6.21 Å². The Morgan fingerprint density at radius 1 is 1.35 bits per heavy atom. The number of nitrogens with zero attached hydrogens (tertiary/aromatic N) is 1. The van der Waals surface area contributed by atoms with Crippen molar-refractivity contribution in [3.63, 3.8) is 0 Å². The van der Waals surface area contributed by atoms with Gasteiger partial charge in [-0.15, -0.1) is 0 Å². The van der Waals surface area contributed by atoms with Crippen LogP contribution >= 0.6 is 0 Å². The Hall–Kier alpha value is -1.98. The van der Waals surface area contributed by atoms with Crippen molar-refractivity contribution in [1.29, 1.82) is 0 Å². The molecule has 0 spiro atoms. The smallest absolute Gasteiger partial charge is 0.379 e. The van der Waals surface area contributed by atoms with Crippen LogP contribution in [0.25, 0.3) is 0 Å². The molecule has 0 saturated carbocycles. The molecule has 0 unspecified atom stereocenters. The molecule has 0 aromatic carbocycles. The van der Waals surface area contributed by atoms with Crippen LogP contribution in [0.3, 0.4) is 0 Å². The van der Waals surface area contributed by atoms with Crippen LogP contribution in [0.2, 0.25) is 0 Å². The average Bonchev–Trinajstić information content (AvgIpc) is 2.37. The number of ketones is 1. The zero-order chi connectivity index (χ0) is 15.3. The van der Waals surface area contributed by atoms with Crippen LogP contribution in [-0.2, 0) is 19.1 Å². The van der Waals surface area contributed by atoms with E-state index in [1.807, 2.05) is 0 Å². The van der Waals surface area contributed by atoms with Crippen molar-refractivity contribution in [2.24, 2.45) is 10.4 Å². The Morgan fingerprint density at radius 2 is 2.00 bits per heavy atom. The van der Waals surface area contributed by atoms with Crippen LogP contribution in [0.4, 0.5) is 0 Å². The lowest BCUT2D eigenvalue weighted by Crippen LogP contribution is -2.37. The van der Waals surface area contributed by atoms with Gasteiger partial charge in [-0.1, -0.05) is 20.8 Å². The lowest BCUT2D eigenvalue weighted by molar-refractivity contribution is -0.151. The number of nitrogens with one attached hydrogen (secondary N) is 1. The summed E-state index contributed by atoms with van der Waals surface area (Å²) in [5.74, 6) is -1.92. The molecule has 0 radical (unpaired) electrons. The maximum atomic E-state index is 12.0. The topological polar surface area (TPSA) is 84.8 Å². The largest absolute Gasteiger partial charge is 0.460 e. The molecule has 0 aromatic heterocycles. The van der Waals surface area contributed by atoms with Gasteiger partial charge in [-0.25, -0.2) is 4.79 Å². The maximum Gasteiger partial charge on any atom is 0.379 e. The number of esters is 1. The van der Waals surface area contributed by atoms with Crippen molar-refractivity contribution in [3.05, 3.63) is 11.3 Å².